The Morgan fingerprint density at radius 2 is 1.74 bits per heavy atom. The third-order valence-electron chi connectivity index (χ3n) is 4.48. The Hall–Kier alpha value is -3.16. The van der Waals surface area contributed by atoms with Gasteiger partial charge in [-0.05, 0) is 29.7 Å². The Kier molecular flexibility index (Phi) is 4.18. The number of halogens is 3. The third kappa shape index (κ3) is 3.42. The Labute approximate surface area is 152 Å². The molecule has 0 aliphatic carbocycles. The molecule has 1 aliphatic heterocycles. The van der Waals surface area contributed by atoms with Gasteiger partial charge in [0.05, 0.1) is 0 Å². The Morgan fingerprint density at radius 3 is 2.41 bits per heavy atom. The molecule has 0 bridgehead atoms. The quantitative estimate of drug-likeness (QED) is 0.682. The van der Waals surface area contributed by atoms with E-state index in [4.69, 9.17) is 0 Å². The van der Waals surface area contributed by atoms with Gasteiger partial charge in [-0.3, -0.25) is 4.79 Å². The second-order valence-corrected chi connectivity index (χ2v) is 6.24. The van der Waals surface area contributed by atoms with Crippen LogP contribution >= 0.6 is 0 Å². The lowest BCUT2D eigenvalue weighted by Gasteiger charge is -2.29. The lowest BCUT2D eigenvalue weighted by Crippen LogP contribution is -2.35. The maximum absolute atomic E-state index is 12.7. The molecule has 2 heterocycles. The van der Waals surface area contributed by atoms with Gasteiger partial charge in [0.15, 0.2) is 0 Å². The average Bonchev–Trinajstić information content (AvgIpc) is 3.18. The number of amides is 1. The average molecular weight is 373 g/mol. The maximum atomic E-state index is 12.7. The van der Waals surface area contributed by atoms with Crippen molar-refractivity contribution in [1.82, 2.24) is 15.0 Å². The molecule has 4 rings (SSSR count). The molecule has 1 aliphatic rings. The summed E-state index contributed by atoms with van der Waals surface area (Å²) in [6.07, 6.45) is -3.89. The van der Waals surface area contributed by atoms with E-state index in [1.54, 1.807) is 17.0 Å². The van der Waals surface area contributed by atoms with Crippen molar-refractivity contribution in [2.45, 2.75) is 19.1 Å². The van der Waals surface area contributed by atoms with Crippen LogP contribution < -0.4 is 0 Å². The van der Waals surface area contributed by atoms with Crippen molar-refractivity contribution in [3.05, 3.63) is 71.1 Å². The number of benzene rings is 2. The summed E-state index contributed by atoms with van der Waals surface area (Å²) in [6.45, 7) is 1.16. The van der Waals surface area contributed by atoms with Crippen molar-refractivity contribution >= 4 is 5.91 Å². The van der Waals surface area contributed by atoms with E-state index >= 15 is 0 Å². The molecule has 138 valence electrons. The van der Waals surface area contributed by atoms with Gasteiger partial charge in [0.25, 0.3) is 5.91 Å². The van der Waals surface area contributed by atoms with E-state index in [2.05, 4.69) is 20.7 Å². The fraction of sp³-hybridized carbons (Fsp3) is 0.211. The number of hydrogen-bond donors (Lipinski definition) is 0. The molecule has 2 aromatic carbocycles. The predicted molar refractivity (Wildman–Crippen MR) is 89.6 cm³/mol. The maximum Gasteiger partial charge on any atom is 0.471 e. The first-order valence-corrected chi connectivity index (χ1v) is 8.29. The van der Waals surface area contributed by atoms with Crippen LogP contribution in [0.3, 0.4) is 0 Å². The summed E-state index contributed by atoms with van der Waals surface area (Å²) in [5, 5.41) is 3.34. The molecule has 0 atom stereocenters. The highest BCUT2D eigenvalue weighted by Gasteiger charge is 2.38. The molecule has 8 heteroatoms. The number of hydrogen-bond acceptors (Lipinski definition) is 4. The zero-order valence-corrected chi connectivity index (χ0v) is 14.0. The lowest BCUT2D eigenvalue weighted by molar-refractivity contribution is -0.159. The van der Waals surface area contributed by atoms with Crippen molar-refractivity contribution in [2.75, 3.05) is 6.54 Å². The highest BCUT2D eigenvalue weighted by molar-refractivity contribution is 5.94. The van der Waals surface area contributed by atoms with E-state index in [0.29, 0.717) is 24.2 Å². The minimum atomic E-state index is -4.69. The van der Waals surface area contributed by atoms with E-state index in [1.807, 2.05) is 18.2 Å². The highest BCUT2D eigenvalue weighted by atomic mass is 19.4. The molecule has 3 aromatic rings. The molecule has 0 N–H and O–H groups in total. The summed E-state index contributed by atoms with van der Waals surface area (Å²) in [5.41, 5.74) is 3.17. The van der Waals surface area contributed by atoms with Crippen LogP contribution in [-0.2, 0) is 19.1 Å². The number of nitrogens with zero attached hydrogens (tertiary/aromatic N) is 3. The summed E-state index contributed by atoms with van der Waals surface area (Å²) >= 11 is 0. The van der Waals surface area contributed by atoms with Gasteiger partial charge in [-0.2, -0.15) is 18.2 Å². The number of rotatable bonds is 2. The lowest BCUT2D eigenvalue weighted by atomic mass is 9.99. The van der Waals surface area contributed by atoms with Gasteiger partial charge in [-0.25, -0.2) is 0 Å². The number of carbonyl (C=O) groups is 1. The summed E-state index contributed by atoms with van der Waals surface area (Å²) in [5.74, 6) is -1.70. The van der Waals surface area contributed by atoms with Crippen LogP contribution in [0.2, 0.25) is 0 Å². The first-order chi connectivity index (χ1) is 12.9. The molecule has 27 heavy (non-hydrogen) atoms. The molecule has 0 unspecified atom stereocenters. The van der Waals surface area contributed by atoms with Crippen LogP contribution in [0.25, 0.3) is 11.4 Å². The van der Waals surface area contributed by atoms with Gasteiger partial charge in [-0.15, -0.1) is 0 Å². The molecule has 1 aromatic heterocycles. The summed E-state index contributed by atoms with van der Waals surface area (Å²) in [6, 6.07) is 14.1. The molecule has 1 amide bonds. The number of fused-ring (bicyclic) bond motifs is 1. The van der Waals surface area contributed by atoms with Gasteiger partial charge < -0.3 is 9.42 Å². The van der Waals surface area contributed by atoms with Crippen molar-refractivity contribution in [2.24, 2.45) is 0 Å². The molecule has 0 spiro atoms. The molecular weight excluding hydrogens is 359 g/mol. The summed E-state index contributed by atoms with van der Waals surface area (Å²) in [7, 11) is 0. The van der Waals surface area contributed by atoms with Crippen molar-refractivity contribution in [3.8, 4) is 11.4 Å². The molecule has 0 radical (unpaired) electrons. The van der Waals surface area contributed by atoms with Gasteiger partial charge in [-0.1, -0.05) is 41.6 Å². The second-order valence-electron chi connectivity index (χ2n) is 6.24. The molecular formula is C19H14F3N3O2. The number of alkyl halides is 3. The minimum absolute atomic E-state index is 0.125. The predicted octanol–water partition coefficient (Wildman–Crippen LogP) is 3.95. The van der Waals surface area contributed by atoms with Gasteiger partial charge >= 0.3 is 12.1 Å². The fourth-order valence-corrected chi connectivity index (χ4v) is 3.07. The molecule has 5 nitrogen and oxygen atoms in total. The van der Waals surface area contributed by atoms with Crippen LogP contribution in [0, 0.1) is 0 Å². The number of carbonyl (C=O) groups excluding carboxylic acids is 1. The largest absolute Gasteiger partial charge is 0.471 e. The van der Waals surface area contributed by atoms with E-state index in [1.165, 1.54) is 17.7 Å². The summed E-state index contributed by atoms with van der Waals surface area (Å²) in [4.78, 5) is 17.8. The van der Waals surface area contributed by atoms with Crippen LogP contribution in [0.15, 0.2) is 53.1 Å². The Morgan fingerprint density at radius 1 is 1.04 bits per heavy atom. The molecule has 0 saturated carbocycles. The Balaban J connectivity index is 1.51. The van der Waals surface area contributed by atoms with Crippen LogP contribution in [0.5, 0.6) is 0 Å². The number of aromatic nitrogens is 2. The van der Waals surface area contributed by atoms with Gasteiger partial charge in [0, 0.05) is 24.2 Å². The zero-order valence-electron chi connectivity index (χ0n) is 14.0. The first-order valence-electron chi connectivity index (χ1n) is 8.29. The standard InChI is InChI=1S/C19H14F3N3O2/c20-19(21,22)18-23-16(24-27-18)13-5-7-14(8-6-13)17(26)25-10-9-12-3-1-2-4-15(12)11-25/h1-8H,9-11H2. The van der Waals surface area contributed by atoms with Crippen molar-refractivity contribution in [1.29, 1.82) is 0 Å². The minimum Gasteiger partial charge on any atom is -0.334 e. The smallest absolute Gasteiger partial charge is 0.334 e. The van der Waals surface area contributed by atoms with Gasteiger partial charge in [0.1, 0.15) is 0 Å². The highest BCUT2D eigenvalue weighted by Crippen LogP contribution is 2.29. The molecule has 0 saturated heterocycles. The molecule has 0 fully saturated rings. The topological polar surface area (TPSA) is 59.2 Å². The van der Waals surface area contributed by atoms with Crippen molar-refractivity contribution in [3.63, 3.8) is 0 Å². The third-order valence-corrected chi connectivity index (χ3v) is 4.48. The summed E-state index contributed by atoms with van der Waals surface area (Å²) < 4.78 is 41.9. The Bertz CT molecular complexity index is 980. The zero-order chi connectivity index (χ0) is 19.0. The monoisotopic (exact) mass is 373 g/mol. The van der Waals surface area contributed by atoms with E-state index in [-0.39, 0.29) is 11.7 Å². The second kappa shape index (κ2) is 6.53. The van der Waals surface area contributed by atoms with E-state index in [0.717, 1.165) is 12.0 Å². The van der Waals surface area contributed by atoms with Crippen LogP contribution in [0.4, 0.5) is 13.2 Å². The fourth-order valence-electron chi connectivity index (χ4n) is 3.07. The van der Waals surface area contributed by atoms with Crippen molar-refractivity contribution < 1.29 is 22.5 Å². The van der Waals surface area contributed by atoms with Gasteiger partial charge in [0.2, 0.25) is 5.82 Å². The van der Waals surface area contributed by atoms with E-state index < -0.39 is 12.1 Å². The first kappa shape index (κ1) is 17.3. The van der Waals surface area contributed by atoms with Crippen LogP contribution in [-0.4, -0.2) is 27.5 Å². The SMILES string of the molecule is O=C(c1ccc(-c2noc(C(F)(F)F)n2)cc1)N1CCc2ccccc2C1. The van der Waals surface area contributed by atoms with E-state index in [9.17, 15) is 18.0 Å². The normalized spacial score (nSPS) is 14.1. The van der Waals surface area contributed by atoms with Crippen LogP contribution in [0.1, 0.15) is 27.4 Å².